The Bertz CT molecular complexity index is 428. The molecule has 112 valence electrons. The van der Waals surface area contributed by atoms with Gasteiger partial charge >= 0.3 is 0 Å². The lowest BCUT2D eigenvalue weighted by Crippen LogP contribution is -2.36. The molecular formula is C16H28N4. The van der Waals surface area contributed by atoms with Crippen LogP contribution in [0.2, 0.25) is 0 Å². The third-order valence-corrected chi connectivity index (χ3v) is 4.21. The molecule has 4 heteroatoms. The van der Waals surface area contributed by atoms with Crippen LogP contribution < -0.4 is 5.32 Å². The van der Waals surface area contributed by atoms with Gasteiger partial charge in [0.1, 0.15) is 12.1 Å². The molecule has 1 fully saturated rings. The molecular weight excluding hydrogens is 248 g/mol. The first-order valence-corrected chi connectivity index (χ1v) is 7.62. The maximum absolute atomic E-state index is 4.38. The van der Waals surface area contributed by atoms with Gasteiger partial charge in [0.2, 0.25) is 0 Å². The van der Waals surface area contributed by atoms with Gasteiger partial charge in [-0.25, -0.2) is 9.97 Å². The van der Waals surface area contributed by atoms with Crippen LogP contribution in [0.4, 0.5) is 5.82 Å². The fourth-order valence-corrected chi connectivity index (χ4v) is 2.79. The van der Waals surface area contributed by atoms with E-state index in [4.69, 9.17) is 0 Å². The van der Waals surface area contributed by atoms with Gasteiger partial charge in [0, 0.05) is 23.6 Å². The van der Waals surface area contributed by atoms with Gasteiger partial charge in [0.05, 0.1) is 5.69 Å². The lowest BCUT2D eigenvalue weighted by molar-refractivity contribution is 0.221. The summed E-state index contributed by atoms with van der Waals surface area (Å²) in [6.45, 7) is 6.55. The highest BCUT2D eigenvalue weighted by Gasteiger charge is 2.23. The van der Waals surface area contributed by atoms with E-state index >= 15 is 0 Å². The molecule has 0 saturated heterocycles. The number of hydrogen-bond acceptors (Lipinski definition) is 4. The minimum atomic E-state index is 0.0714. The Hall–Kier alpha value is -1.16. The molecule has 1 aliphatic carbocycles. The average Bonchev–Trinajstić information content (AvgIpc) is 2.38. The molecule has 0 aromatic carbocycles. The lowest BCUT2D eigenvalue weighted by Gasteiger charge is -2.33. The van der Waals surface area contributed by atoms with Gasteiger partial charge in [-0.2, -0.15) is 0 Å². The molecule has 0 unspecified atom stereocenters. The number of rotatable bonds is 3. The zero-order valence-electron chi connectivity index (χ0n) is 13.5. The fraction of sp³-hybridized carbons (Fsp3) is 0.750. The highest BCUT2D eigenvalue weighted by atomic mass is 15.1. The summed E-state index contributed by atoms with van der Waals surface area (Å²) in [4.78, 5) is 11.1. The molecule has 0 atom stereocenters. The van der Waals surface area contributed by atoms with E-state index in [1.165, 1.54) is 25.7 Å². The summed E-state index contributed by atoms with van der Waals surface area (Å²) < 4.78 is 0. The van der Waals surface area contributed by atoms with Gasteiger partial charge in [0.25, 0.3) is 0 Å². The van der Waals surface area contributed by atoms with E-state index in [1.807, 2.05) is 0 Å². The van der Waals surface area contributed by atoms with Crippen LogP contribution in [0.5, 0.6) is 0 Å². The van der Waals surface area contributed by atoms with Gasteiger partial charge in [-0.15, -0.1) is 0 Å². The second kappa shape index (κ2) is 6.08. The minimum Gasteiger partial charge on any atom is -0.367 e. The van der Waals surface area contributed by atoms with Gasteiger partial charge in [-0.1, -0.05) is 20.8 Å². The van der Waals surface area contributed by atoms with Crippen LogP contribution in [-0.4, -0.2) is 41.0 Å². The maximum atomic E-state index is 4.38. The quantitative estimate of drug-likeness (QED) is 0.921. The standard InChI is InChI=1S/C16H28N4/c1-16(2,3)14-10-15(18-11-17-14)19-12-6-8-13(9-7-12)20(4)5/h10-13H,6-9H2,1-5H3,(H,17,18,19)/t12-,13-. The molecule has 0 spiro atoms. The molecule has 1 N–H and O–H groups in total. The zero-order chi connectivity index (χ0) is 14.8. The molecule has 1 heterocycles. The molecule has 2 rings (SSSR count). The summed E-state index contributed by atoms with van der Waals surface area (Å²) in [5.74, 6) is 0.971. The fourth-order valence-electron chi connectivity index (χ4n) is 2.79. The summed E-state index contributed by atoms with van der Waals surface area (Å²) in [7, 11) is 4.36. The van der Waals surface area contributed by atoms with Crippen molar-refractivity contribution >= 4 is 5.82 Å². The molecule has 0 aliphatic heterocycles. The molecule has 4 nitrogen and oxygen atoms in total. The second-order valence-electron chi connectivity index (χ2n) is 7.15. The van der Waals surface area contributed by atoms with E-state index in [1.54, 1.807) is 6.33 Å². The number of hydrogen-bond donors (Lipinski definition) is 1. The molecule has 1 aromatic rings. The molecule has 0 bridgehead atoms. The van der Waals surface area contributed by atoms with Gasteiger partial charge in [-0.3, -0.25) is 0 Å². The molecule has 0 amide bonds. The Morgan fingerprint density at radius 1 is 1.10 bits per heavy atom. The molecule has 1 saturated carbocycles. The van der Waals surface area contributed by atoms with Crippen molar-refractivity contribution in [3.63, 3.8) is 0 Å². The van der Waals surface area contributed by atoms with Crippen molar-refractivity contribution < 1.29 is 0 Å². The third-order valence-electron chi connectivity index (χ3n) is 4.21. The maximum Gasteiger partial charge on any atom is 0.129 e. The Morgan fingerprint density at radius 3 is 2.30 bits per heavy atom. The molecule has 1 aliphatic rings. The van der Waals surface area contributed by atoms with Crippen molar-refractivity contribution in [2.75, 3.05) is 19.4 Å². The van der Waals surface area contributed by atoms with Crippen LogP contribution >= 0.6 is 0 Å². The monoisotopic (exact) mass is 276 g/mol. The van der Waals surface area contributed by atoms with Gasteiger partial charge in [0.15, 0.2) is 0 Å². The highest BCUT2D eigenvalue weighted by Crippen LogP contribution is 2.25. The van der Waals surface area contributed by atoms with E-state index in [0.717, 1.165) is 17.6 Å². The predicted molar refractivity (Wildman–Crippen MR) is 84.1 cm³/mol. The number of nitrogens with zero attached hydrogens (tertiary/aromatic N) is 3. The van der Waals surface area contributed by atoms with Crippen LogP contribution in [-0.2, 0) is 5.41 Å². The van der Waals surface area contributed by atoms with Crippen LogP contribution in [0.25, 0.3) is 0 Å². The lowest BCUT2D eigenvalue weighted by atomic mass is 9.90. The van der Waals surface area contributed by atoms with Crippen molar-refractivity contribution in [3.8, 4) is 0 Å². The van der Waals surface area contributed by atoms with Crippen LogP contribution in [0.3, 0.4) is 0 Å². The first-order chi connectivity index (χ1) is 9.36. The van der Waals surface area contributed by atoms with Crippen molar-refractivity contribution in [1.29, 1.82) is 0 Å². The third kappa shape index (κ3) is 3.92. The number of anilines is 1. The van der Waals surface area contributed by atoms with Crippen molar-refractivity contribution in [2.45, 2.75) is 64.0 Å². The average molecular weight is 276 g/mol. The number of aromatic nitrogens is 2. The normalized spacial score (nSPS) is 23.9. The van der Waals surface area contributed by atoms with Crippen LogP contribution in [0, 0.1) is 0 Å². The minimum absolute atomic E-state index is 0.0714. The molecule has 0 radical (unpaired) electrons. The summed E-state index contributed by atoms with van der Waals surface area (Å²) >= 11 is 0. The molecule has 1 aromatic heterocycles. The summed E-state index contributed by atoms with van der Waals surface area (Å²) in [6.07, 6.45) is 6.65. The summed E-state index contributed by atoms with van der Waals surface area (Å²) in [5.41, 5.74) is 1.17. The smallest absolute Gasteiger partial charge is 0.129 e. The Kier molecular flexibility index (Phi) is 4.63. The summed E-state index contributed by atoms with van der Waals surface area (Å²) in [6, 6.07) is 3.38. The van der Waals surface area contributed by atoms with E-state index in [2.05, 4.69) is 61.1 Å². The van der Waals surface area contributed by atoms with Crippen molar-refractivity contribution in [2.24, 2.45) is 0 Å². The summed E-state index contributed by atoms with van der Waals surface area (Å²) in [5, 5.41) is 3.58. The SMILES string of the molecule is CN(C)[C@H]1CC[C@H](Nc2cc(C(C)(C)C)ncn2)CC1. The van der Waals surface area contributed by atoms with E-state index < -0.39 is 0 Å². The predicted octanol–water partition coefficient (Wildman–Crippen LogP) is 3.06. The van der Waals surface area contributed by atoms with Crippen molar-refractivity contribution in [1.82, 2.24) is 14.9 Å². The van der Waals surface area contributed by atoms with Gasteiger partial charge < -0.3 is 10.2 Å². The Labute approximate surface area is 123 Å². The van der Waals surface area contributed by atoms with Crippen LogP contribution in [0.1, 0.15) is 52.1 Å². The topological polar surface area (TPSA) is 41.0 Å². The zero-order valence-corrected chi connectivity index (χ0v) is 13.5. The van der Waals surface area contributed by atoms with E-state index in [0.29, 0.717) is 6.04 Å². The van der Waals surface area contributed by atoms with E-state index in [9.17, 15) is 0 Å². The first-order valence-electron chi connectivity index (χ1n) is 7.62. The van der Waals surface area contributed by atoms with E-state index in [-0.39, 0.29) is 5.41 Å². The highest BCUT2D eigenvalue weighted by molar-refractivity contribution is 5.37. The number of nitrogens with one attached hydrogen (secondary N) is 1. The van der Waals surface area contributed by atoms with Gasteiger partial charge in [-0.05, 0) is 39.8 Å². The van der Waals surface area contributed by atoms with Crippen LogP contribution in [0.15, 0.2) is 12.4 Å². The second-order valence-corrected chi connectivity index (χ2v) is 7.15. The first kappa shape index (κ1) is 15.2. The largest absolute Gasteiger partial charge is 0.367 e. The molecule has 20 heavy (non-hydrogen) atoms. The Balaban J connectivity index is 1.95. The van der Waals surface area contributed by atoms with Crippen molar-refractivity contribution in [3.05, 3.63) is 18.1 Å². The Morgan fingerprint density at radius 2 is 1.75 bits per heavy atom.